The maximum atomic E-state index is 14.1. The van der Waals surface area contributed by atoms with Crippen LogP contribution < -0.4 is 5.43 Å². The highest BCUT2D eigenvalue weighted by Gasteiger charge is 2.30. The number of hydrogen-bond acceptors (Lipinski definition) is 4. The molecule has 4 aromatic rings. The lowest BCUT2D eigenvalue weighted by Crippen LogP contribution is -2.40. The fraction of sp³-hybridized carbons (Fsp3) is 0.351. The largest absolute Gasteiger partial charge is 0.416 e. The van der Waals surface area contributed by atoms with Crippen LogP contribution in [-0.2, 0) is 42.7 Å². The van der Waals surface area contributed by atoms with Crippen molar-refractivity contribution in [3.8, 4) is 11.1 Å². The normalized spacial score (nSPS) is 12.8. The van der Waals surface area contributed by atoms with E-state index >= 15 is 0 Å². The molecule has 1 aromatic heterocycles. The molecular weight excluding hydrogens is 626 g/mol. The molecule has 0 saturated carbocycles. The number of alkyl halides is 3. The molecule has 0 unspecified atom stereocenters. The second-order valence-corrected chi connectivity index (χ2v) is 12.7. The van der Waals surface area contributed by atoms with Crippen LogP contribution in [0.25, 0.3) is 11.1 Å². The Balaban J connectivity index is 1.37. The molecule has 0 radical (unpaired) electrons. The number of benzene rings is 3. The summed E-state index contributed by atoms with van der Waals surface area (Å²) in [6.07, 6.45) is -2.10. The van der Waals surface area contributed by atoms with E-state index in [0.717, 1.165) is 71.0 Å². The van der Waals surface area contributed by atoms with Crippen LogP contribution in [0.3, 0.4) is 0 Å². The van der Waals surface area contributed by atoms with Crippen LogP contribution in [-0.4, -0.2) is 46.5 Å². The van der Waals surface area contributed by atoms with Gasteiger partial charge in [0, 0.05) is 42.7 Å². The van der Waals surface area contributed by atoms with Gasteiger partial charge in [0.15, 0.2) is 5.43 Å². The summed E-state index contributed by atoms with van der Waals surface area (Å²) in [6, 6.07) is 20.5. The van der Waals surface area contributed by atoms with E-state index in [-0.39, 0.29) is 23.7 Å². The summed E-state index contributed by atoms with van der Waals surface area (Å²) in [5.41, 5.74) is 4.29. The molecule has 248 valence electrons. The first kappa shape index (κ1) is 34.4. The minimum absolute atomic E-state index is 0.00525. The first-order valence-corrected chi connectivity index (χ1v) is 16.9. The fourth-order valence-corrected chi connectivity index (χ4v) is 6.96. The molecule has 5 rings (SSSR count). The SMILES string of the molecule is CCN(CC)CCN(Cc1ccc(-c2ccc(C(F)(F)F)cc2)cc1)C(=O)Cn1c(SCc2ccc(F)cc2)cc(=O)c2c1CCC2. The zero-order chi connectivity index (χ0) is 33.6. The van der Waals surface area contributed by atoms with Gasteiger partial charge < -0.3 is 14.4 Å². The van der Waals surface area contributed by atoms with E-state index < -0.39 is 11.7 Å². The highest BCUT2D eigenvalue weighted by atomic mass is 32.2. The number of likely N-dealkylation sites (N-methyl/N-ethyl adjacent to an activating group) is 1. The molecule has 5 nitrogen and oxygen atoms in total. The topological polar surface area (TPSA) is 45.5 Å². The fourth-order valence-electron chi connectivity index (χ4n) is 5.94. The Hall–Kier alpha value is -3.89. The van der Waals surface area contributed by atoms with Gasteiger partial charge >= 0.3 is 6.18 Å². The van der Waals surface area contributed by atoms with E-state index in [2.05, 4.69) is 18.7 Å². The second kappa shape index (κ2) is 15.3. The van der Waals surface area contributed by atoms with E-state index in [0.29, 0.717) is 37.4 Å². The third kappa shape index (κ3) is 8.73. The Bertz CT molecular complexity index is 1720. The van der Waals surface area contributed by atoms with E-state index in [9.17, 15) is 27.2 Å². The van der Waals surface area contributed by atoms with E-state index in [1.165, 1.54) is 36.0 Å². The summed E-state index contributed by atoms with van der Waals surface area (Å²) in [5, 5.41) is 0.720. The molecule has 1 aliphatic rings. The highest BCUT2D eigenvalue weighted by molar-refractivity contribution is 7.98. The lowest BCUT2D eigenvalue weighted by atomic mass is 10.0. The zero-order valence-corrected chi connectivity index (χ0v) is 27.5. The molecule has 0 fully saturated rings. The number of carbonyl (C=O) groups excluding carboxylic acids is 1. The minimum atomic E-state index is -4.39. The molecule has 1 aliphatic carbocycles. The van der Waals surface area contributed by atoms with Crippen molar-refractivity contribution >= 4 is 17.7 Å². The van der Waals surface area contributed by atoms with Crippen molar-refractivity contribution in [1.29, 1.82) is 0 Å². The Morgan fingerprint density at radius 3 is 2.09 bits per heavy atom. The van der Waals surface area contributed by atoms with Crippen molar-refractivity contribution in [3.63, 3.8) is 0 Å². The van der Waals surface area contributed by atoms with Crippen LogP contribution in [0, 0.1) is 5.82 Å². The first-order chi connectivity index (χ1) is 22.5. The van der Waals surface area contributed by atoms with Crippen molar-refractivity contribution in [3.05, 3.63) is 123 Å². The number of fused-ring (bicyclic) bond motifs is 1. The van der Waals surface area contributed by atoms with Crippen LogP contribution in [0.5, 0.6) is 0 Å². The average Bonchev–Trinajstić information content (AvgIpc) is 3.57. The molecule has 47 heavy (non-hydrogen) atoms. The van der Waals surface area contributed by atoms with Gasteiger partial charge in [0.1, 0.15) is 12.4 Å². The number of rotatable bonds is 13. The minimum Gasteiger partial charge on any atom is -0.336 e. The summed E-state index contributed by atoms with van der Waals surface area (Å²) in [7, 11) is 0. The number of hydrogen-bond donors (Lipinski definition) is 0. The van der Waals surface area contributed by atoms with Crippen LogP contribution >= 0.6 is 11.8 Å². The number of nitrogens with zero attached hydrogens (tertiary/aromatic N) is 3. The lowest BCUT2D eigenvalue weighted by molar-refractivity contribution is -0.137. The zero-order valence-electron chi connectivity index (χ0n) is 26.7. The van der Waals surface area contributed by atoms with E-state index in [4.69, 9.17) is 0 Å². The van der Waals surface area contributed by atoms with Gasteiger partial charge in [-0.2, -0.15) is 13.2 Å². The van der Waals surface area contributed by atoms with Crippen LogP contribution in [0.2, 0.25) is 0 Å². The standard InChI is InChI=1S/C37H39F4N3O2S/c1-3-42(4-2)20-21-43(23-26-8-12-28(13-9-26)29-14-16-30(17-15-29)37(39,40)41)35(46)24-44-33-7-5-6-32(33)34(45)22-36(44)47-25-27-10-18-31(38)19-11-27/h8-19,22H,3-7,20-21,23-25H2,1-2H3. The number of pyridine rings is 1. The van der Waals surface area contributed by atoms with Gasteiger partial charge in [-0.1, -0.05) is 62.4 Å². The number of carbonyl (C=O) groups is 1. The van der Waals surface area contributed by atoms with Gasteiger partial charge in [0.25, 0.3) is 0 Å². The average molecular weight is 666 g/mol. The summed E-state index contributed by atoms with van der Waals surface area (Å²) in [5.74, 6) is 0.159. The molecule has 0 N–H and O–H groups in total. The van der Waals surface area contributed by atoms with Gasteiger partial charge in [-0.3, -0.25) is 9.59 Å². The van der Waals surface area contributed by atoms with Gasteiger partial charge in [0.05, 0.1) is 10.6 Å². The molecule has 3 aromatic carbocycles. The molecule has 0 aliphatic heterocycles. The maximum absolute atomic E-state index is 14.1. The predicted molar refractivity (Wildman–Crippen MR) is 179 cm³/mol. The van der Waals surface area contributed by atoms with Gasteiger partial charge in [-0.25, -0.2) is 4.39 Å². The van der Waals surface area contributed by atoms with Gasteiger partial charge in [-0.05, 0) is 78.9 Å². The molecule has 0 bridgehead atoms. The Labute approximate surface area is 277 Å². The van der Waals surface area contributed by atoms with E-state index in [1.807, 2.05) is 33.7 Å². The molecule has 0 spiro atoms. The number of aromatic nitrogens is 1. The monoisotopic (exact) mass is 665 g/mol. The Kier molecular flexibility index (Phi) is 11.2. The van der Waals surface area contributed by atoms with Gasteiger partial charge in [-0.15, -0.1) is 11.8 Å². The summed E-state index contributed by atoms with van der Waals surface area (Å²) in [4.78, 5) is 31.2. The second-order valence-electron chi connectivity index (χ2n) is 11.7. The van der Waals surface area contributed by atoms with Crippen LogP contribution in [0.4, 0.5) is 17.6 Å². The quantitative estimate of drug-likeness (QED) is 0.108. The Morgan fingerprint density at radius 1 is 0.851 bits per heavy atom. The smallest absolute Gasteiger partial charge is 0.336 e. The van der Waals surface area contributed by atoms with Crippen molar-refractivity contribution in [2.24, 2.45) is 0 Å². The van der Waals surface area contributed by atoms with Gasteiger partial charge in [0.2, 0.25) is 5.91 Å². The molecule has 1 amide bonds. The van der Waals surface area contributed by atoms with Crippen LogP contribution in [0.1, 0.15) is 48.2 Å². The number of amides is 1. The van der Waals surface area contributed by atoms with Crippen molar-refractivity contribution in [2.75, 3.05) is 26.2 Å². The third-order valence-corrected chi connectivity index (χ3v) is 9.84. The molecule has 0 saturated heterocycles. The summed E-state index contributed by atoms with van der Waals surface area (Å²) >= 11 is 1.47. The van der Waals surface area contributed by atoms with Crippen molar-refractivity contribution in [1.82, 2.24) is 14.4 Å². The van der Waals surface area contributed by atoms with Crippen molar-refractivity contribution in [2.45, 2.75) is 63.2 Å². The Morgan fingerprint density at radius 2 is 1.47 bits per heavy atom. The first-order valence-electron chi connectivity index (χ1n) is 15.9. The third-order valence-electron chi connectivity index (χ3n) is 8.73. The number of thioether (sulfide) groups is 1. The predicted octanol–water partition coefficient (Wildman–Crippen LogP) is 7.82. The number of halogens is 4. The maximum Gasteiger partial charge on any atom is 0.416 e. The van der Waals surface area contributed by atoms with Crippen molar-refractivity contribution < 1.29 is 22.4 Å². The summed E-state index contributed by atoms with van der Waals surface area (Å²) < 4.78 is 54.5. The highest BCUT2D eigenvalue weighted by Crippen LogP contribution is 2.31. The molecular formula is C37H39F4N3O2S. The van der Waals surface area contributed by atoms with Crippen LogP contribution in [0.15, 0.2) is 88.7 Å². The lowest BCUT2D eigenvalue weighted by Gasteiger charge is -2.28. The molecule has 10 heteroatoms. The summed E-state index contributed by atoms with van der Waals surface area (Å²) in [6.45, 7) is 7.58. The molecule has 1 heterocycles. The van der Waals surface area contributed by atoms with E-state index in [1.54, 1.807) is 18.2 Å². The molecule has 0 atom stereocenters.